The highest BCUT2D eigenvalue weighted by molar-refractivity contribution is 6.44. The van der Waals surface area contributed by atoms with Gasteiger partial charge < -0.3 is 28.3 Å². The van der Waals surface area contributed by atoms with E-state index in [0.29, 0.717) is 6.54 Å². The summed E-state index contributed by atoms with van der Waals surface area (Å²) in [6.07, 6.45) is 2.24. The molecule has 146 valence electrons. The second-order valence-corrected chi connectivity index (χ2v) is 9.80. The van der Waals surface area contributed by atoms with Gasteiger partial charge in [0, 0.05) is 39.5 Å². The summed E-state index contributed by atoms with van der Waals surface area (Å²) in [7, 11) is -2.93. The molecule has 0 saturated carbocycles. The molecule has 0 fully saturated rings. The molecule has 24 heavy (non-hydrogen) atoms. The lowest BCUT2D eigenvalue weighted by molar-refractivity contribution is 0.206. The van der Waals surface area contributed by atoms with Gasteiger partial charge in [-0.25, -0.2) is 0 Å². The second-order valence-electron chi connectivity index (χ2n) is 5.60. The van der Waals surface area contributed by atoms with Gasteiger partial charge >= 0.3 is 18.6 Å². The Morgan fingerprint density at radius 2 is 1.04 bits per heavy atom. The zero-order chi connectivity index (χ0) is 18.0. The first-order chi connectivity index (χ1) is 11.7. The largest absolute Gasteiger partial charge is 0.397 e. The van der Waals surface area contributed by atoms with Crippen LogP contribution in [-0.4, -0.2) is 76.1 Å². The van der Waals surface area contributed by atoms with E-state index in [-0.39, 0.29) is 0 Å². The topological polar surface area (TPSA) is 66.2 Å². The van der Waals surface area contributed by atoms with Crippen molar-refractivity contribution in [1.82, 2.24) is 4.90 Å². The minimum absolute atomic E-state index is 0.704. The van der Waals surface area contributed by atoms with Crippen molar-refractivity contribution in [3.63, 3.8) is 0 Å². The van der Waals surface area contributed by atoms with Gasteiger partial charge in [0.05, 0.1) is 0 Å². The van der Waals surface area contributed by atoms with E-state index in [1.807, 2.05) is 27.7 Å². The van der Waals surface area contributed by atoms with Crippen LogP contribution in [0.3, 0.4) is 0 Å². The Balaban J connectivity index is 4.05. The summed E-state index contributed by atoms with van der Waals surface area (Å²) >= 11 is 0. The summed E-state index contributed by atoms with van der Waals surface area (Å²) in [5, 5.41) is 0. The van der Waals surface area contributed by atoms with Crippen molar-refractivity contribution in [3.05, 3.63) is 0 Å². The van der Waals surface area contributed by atoms with Gasteiger partial charge in [0.2, 0.25) is 0 Å². The summed E-state index contributed by atoms with van der Waals surface area (Å²) in [4.78, 5) is 2.45. The van der Waals surface area contributed by atoms with Gasteiger partial charge in [-0.2, -0.15) is 0 Å². The molecule has 0 aromatic heterocycles. The van der Waals surface area contributed by atoms with Crippen molar-refractivity contribution in [3.8, 4) is 0 Å². The number of hydrogen-bond donors (Lipinski definition) is 1. The molecule has 0 rings (SSSR count). The van der Waals surface area contributed by atoms with Crippen molar-refractivity contribution >= 4 is 18.6 Å². The fourth-order valence-electron chi connectivity index (χ4n) is 2.65. The van der Waals surface area contributed by atoms with Gasteiger partial charge in [-0.3, -0.25) is 0 Å². The van der Waals surface area contributed by atoms with Crippen molar-refractivity contribution in [2.45, 2.75) is 52.6 Å². The highest BCUT2D eigenvalue weighted by atomic mass is 28.3. The van der Waals surface area contributed by atoms with Crippen LogP contribution >= 0.6 is 0 Å². The van der Waals surface area contributed by atoms with E-state index in [1.54, 1.807) is 0 Å². The summed E-state index contributed by atoms with van der Waals surface area (Å²) in [6.45, 7) is 15.0. The number of nitrogens with zero attached hydrogens (tertiary/aromatic N) is 1. The summed E-state index contributed by atoms with van der Waals surface area (Å²) < 4.78 is 22.9. The van der Waals surface area contributed by atoms with Gasteiger partial charge in [-0.1, -0.05) is 0 Å². The molecule has 0 radical (unpaired) electrons. The first-order valence-electron chi connectivity index (χ1n) is 9.60. The van der Waals surface area contributed by atoms with E-state index in [0.717, 1.165) is 71.0 Å². The van der Waals surface area contributed by atoms with Crippen molar-refractivity contribution in [2.24, 2.45) is 5.73 Å². The molecule has 0 aliphatic carbocycles. The van der Waals surface area contributed by atoms with E-state index in [1.165, 1.54) is 0 Å². The first-order valence-corrected chi connectivity index (χ1v) is 13.1. The number of nitrogens with two attached hydrogens (primary N) is 1. The van der Waals surface area contributed by atoms with Crippen molar-refractivity contribution < 1.29 is 17.7 Å². The van der Waals surface area contributed by atoms with Crippen LogP contribution < -0.4 is 5.73 Å². The Morgan fingerprint density at radius 1 is 0.667 bits per heavy atom. The molecule has 0 bridgehead atoms. The maximum Gasteiger partial charge on any atom is 0.321 e. The second kappa shape index (κ2) is 18.0. The highest BCUT2D eigenvalue weighted by Gasteiger charge is 2.15. The van der Waals surface area contributed by atoms with Crippen LogP contribution in [-0.2, 0) is 17.7 Å². The SMILES string of the molecule is CCO[SiH](CCCN(CCN)CCC[SiH](OCC)OCC)OCC. The molecule has 0 aliphatic heterocycles. The minimum Gasteiger partial charge on any atom is -0.397 e. The normalized spacial score (nSPS) is 12.0. The van der Waals surface area contributed by atoms with Gasteiger partial charge in [0.25, 0.3) is 0 Å². The zero-order valence-corrected chi connectivity index (χ0v) is 18.6. The van der Waals surface area contributed by atoms with Crippen LogP contribution in [0.15, 0.2) is 0 Å². The standard InChI is InChI=1S/C16H40N2O4Si2/c1-5-19-23(20-6-2)15-9-12-18(14-11-17)13-10-16-24(21-7-3)22-8-4/h23-24H,5-17H2,1-4H3. The monoisotopic (exact) mass is 380 g/mol. The third kappa shape index (κ3) is 13.5. The molecule has 6 nitrogen and oxygen atoms in total. The van der Waals surface area contributed by atoms with Crippen LogP contribution in [0.25, 0.3) is 0 Å². The predicted octanol–water partition coefficient (Wildman–Crippen LogP) is 1.61. The first kappa shape index (κ1) is 24.2. The third-order valence-electron chi connectivity index (χ3n) is 3.68. The summed E-state index contributed by atoms with van der Waals surface area (Å²) in [5.41, 5.74) is 5.76. The van der Waals surface area contributed by atoms with Crippen LogP contribution in [0.5, 0.6) is 0 Å². The summed E-state index contributed by atoms with van der Waals surface area (Å²) in [5.74, 6) is 0. The molecular formula is C16H40N2O4Si2. The van der Waals surface area contributed by atoms with Gasteiger partial charge in [0.15, 0.2) is 0 Å². The molecule has 2 N–H and O–H groups in total. The Kier molecular flexibility index (Phi) is 18.1. The molecule has 0 amide bonds. The number of rotatable bonds is 18. The fourth-order valence-corrected chi connectivity index (χ4v) is 6.03. The molecule has 0 atom stereocenters. The lowest BCUT2D eigenvalue weighted by atomic mass is 10.3. The molecule has 0 unspecified atom stereocenters. The maximum atomic E-state index is 5.76. The maximum absolute atomic E-state index is 5.76. The van der Waals surface area contributed by atoms with Gasteiger partial charge in [-0.05, 0) is 65.7 Å². The van der Waals surface area contributed by atoms with Crippen LogP contribution in [0, 0.1) is 0 Å². The van der Waals surface area contributed by atoms with E-state index < -0.39 is 18.6 Å². The van der Waals surface area contributed by atoms with Gasteiger partial charge in [-0.15, -0.1) is 0 Å². The summed E-state index contributed by atoms with van der Waals surface area (Å²) in [6, 6.07) is 2.13. The molecule has 0 spiro atoms. The number of hydrogen-bond acceptors (Lipinski definition) is 6. The Morgan fingerprint density at radius 3 is 1.33 bits per heavy atom. The average Bonchev–Trinajstić information content (AvgIpc) is 2.55. The average molecular weight is 381 g/mol. The molecule has 0 aromatic carbocycles. The van der Waals surface area contributed by atoms with Crippen LogP contribution in [0.2, 0.25) is 12.1 Å². The molecule has 0 saturated heterocycles. The van der Waals surface area contributed by atoms with E-state index >= 15 is 0 Å². The molecular weight excluding hydrogens is 340 g/mol. The smallest absolute Gasteiger partial charge is 0.321 e. The molecule has 0 aromatic rings. The Bertz CT molecular complexity index is 232. The van der Waals surface area contributed by atoms with Crippen molar-refractivity contribution in [1.29, 1.82) is 0 Å². The minimum atomic E-state index is -1.47. The molecule has 8 heteroatoms. The van der Waals surface area contributed by atoms with E-state index in [9.17, 15) is 0 Å². The van der Waals surface area contributed by atoms with E-state index in [4.69, 9.17) is 23.4 Å². The van der Waals surface area contributed by atoms with Crippen LogP contribution in [0.1, 0.15) is 40.5 Å². The Hall–Kier alpha value is 0.194. The predicted molar refractivity (Wildman–Crippen MR) is 105 cm³/mol. The third-order valence-corrected chi connectivity index (χ3v) is 8.26. The quantitative estimate of drug-likeness (QED) is 0.365. The van der Waals surface area contributed by atoms with Crippen LogP contribution in [0.4, 0.5) is 0 Å². The van der Waals surface area contributed by atoms with Crippen molar-refractivity contribution in [2.75, 3.05) is 52.6 Å². The lowest BCUT2D eigenvalue weighted by Crippen LogP contribution is -2.33. The Labute approximate surface area is 152 Å². The lowest BCUT2D eigenvalue weighted by Gasteiger charge is -2.23. The molecule has 0 heterocycles. The highest BCUT2D eigenvalue weighted by Crippen LogP contribution is 2.07. The van der Waals surface area contributed by atoms with Gasteiger partial charge in [0.1, 0.15) is 0 Å². The van der Waals surface area contributed by atoms with E-state index in [2.05, 4.69) is 4.90 Å². The fraction of sp³-hybridized carbons (Fsp3) is 1.00. The molecule has 0 aliphatic rings. The zero-order valence-electron chi connectivity index (χ0n) is 16.3.